The molecule has 2 aliphatic rings. The zero-order chi connectivity index (χ0) is 27.0. The molecular formula is C25H27ClFN7O3S. The Kier molecular flexibility index (Phi) is 7.21. The van der Waals surface area contributed by atoms with Crippen molar-refractivity contribution in [2.45, 2.75) is 44.9 Å². The molecule has 2 atom stereocenters. The Bertz CT molecular complexity index is 1490. The average Bonchev–Trinajstić information content (AvgIpc) is 3.28. The van der Waals surface area contributed by atoms with E-state index in [0.29, 0.717) is 30.3 Å². The molecule has 0 bridgehead atoms. The first-order valence-electron chi connectivity index (χ1n) is 12.1. The Hall–Kier alpha value is -3.35. The summed E-state index contributed by atoms with van der Waals surface area (Å²) in [5.74, 6) is -0.0985. The molecule has 38 heavy (non-hydrogen) atoms. The maximum absolute atomic E-state index is 13.4. The number of amides is 1. The van der Waals surface area contributed by atoms with E-state index in [1.807, 2.05) is 18.0 Å². The number of halogens is 2. The van der Waals surface area contributed by atoms with Gasteiger partial charge in [0.25, 0.3) is 5.91 Å². The van der Waals surface area contributed by atoms with Crippen LogP contribution in [0.25, 0.3) is 0 Å². The molecule has 2 N–H and O–H groups in total. The smallest absolute Gasteiger partial charge is 0.254 e. The van der Waals surface area contributed by atoms with Crippen molar-refractivity contribution in [3.05, 3.63) is 70.4 Å². The third kappa shape index (κ3) is 5.87. The number of carbonyl (C=O) groups excluding carboxylic acids is 1. The molecule has 2 aliphatic heterocycles. The molecule has 4 heterocycles. The van der Waals surface area contributed by atoms with Gasteiger partial charge in [-0.15, -0.1) is 0 Å². The molecular weight excluding hydrogens is 533 g/mol. The maximum Gasteiger partial charge on any atom is 0.254 e. The number of fused-ring (bicyclic) bond motifs is 1. The third-order valence-electron chi connectivity index (χ3n) is 6.78. The van der Waals surface area contributed by atoms with Crippen molar-refractivity contribution in [1.29, 1.82) is 0 Å². The number of sulfonamides is 1. The minimum absolute atomic E-state index is 0.00372. The third-order valence-corrected chi connectivity index (χ3v) is 7.65. The van der Waals surface area contributed by atoms with Gasteiger partial charge in [-0.2, -0.15) is 0 Å². The van der Waals surface area contributed by atoms with Crippen molar-refractivity contribution in [3.63, 3.8) is 0 Å². The summed E-state index contributed by atoms with van der Waals surface area (Å²) in [6.07, 6.45) is 5.87. The topological polar surface area (TPSA) is 120 Å². The minimum atomic E-state index is -3.49. The fraction of sp³-hybridized carbons (Fsp3) is 0.360. The number of nitrogens with zero attached hydrogens (tertiary/aromatic N) is 5. The molecule has 1 amide bonds. The molecule has 0 saturated carbocycles. The van der Waals surface area contributed by atoms with Gasteiger partial charge >= 0.3 is 0 Å². The van der Waals surface area contributed by atoms with Crippen molar-refractivity contribution in [2.75, 3.05) is 22.8 Å². The second-order valence-corrected chi connectivity index (χ2v) is 11.8. The summed E-state index contributed by atoms with van der Waals surface area (Å²) in [4.78, 5) is 30.5. The van der Waals surface area contributed by atoms with Gasteiger partial charge in [-0.3, -0.25) is 14.4 Å². The Labute approximate surface area is 225 Å². The number of benzene rings is 1. The monoisotopic (exact) mass is 559 g/mol. The van der Waals surface area contributed by atoms with E-state index in [1.54, 1.807) is 12.1 Å². The summed E-state index contributed by atoms with van der Waals surface area (Å²) in [7, 11) is -3.49. The molecule has 0 spiro atoms. The van der Waals surface area contributed by atoms with E-state index >= 15 is 0 Å². The van der Waals surface area contributed by atoms with Crippen molar-refractivity contribution < 1.29 is 17.6 Å². The Morgan fingerprint density at radius 1 is 1.18 bits per heavy atom. The first-order valence-corrected chi connectivity index (χ1v) is 14.4. The van der Waals surface area contributed by atoms with E-state index in [4.69, 9.17) is 11.6 Å². The van der Waals surface area contributed by atoms with Gasteiger partial charge in [0.05, 0.1) is 17.0 Å². The number of rotatable bonds is 6. The first kappa shape index (κ1) is 26.3. The van der Waals surface area contributed by atoms with Crippen LogP contribution in [0.1, 0.15) is 41.4 Å². The number of piperidine rings is 1. The highest BCUT2D eigenvalue weighted by Gasteiger charge is 2.35. The van der Waals surface area contributed by atoms with Gasteiger partial charge in [0, 0.05) is 60.9 Å². The second-order valence-electron chi connectivity index (χ2n) is 9.65. The number of anilines is 3. The van der Waals surface area contributed by atoms with Gasteiger partial charge < -0.3 is 10.2 Å². The Morgan fingerprint density at radius 2 is 2.00 bits per heavy atom. The van der Waals surface area contributed by atoms with Gasteiger partial charge in [0.2, 0.25) is 16.0 Å². The maximum atomic E-state index is 13.4. The Morgan fingerprint density at radius 3 is 2.74 bits per heavy atom. The fourth-order valence-electron chi connectivity index (χ4n) is 4.96. The van der Waals surface area contributed by atoms with Crippen molar-refractivity contribution in [2.24, 2.45) is 0 Å². The highest BCUT2D eigenvalue weighted by Crippen LogP contribution is 2.31. The van der Waals surface area contributed by atoms with E-state index in [2.05, 4.69) is 29.9 Å². The molecule has 1 fully saturated rings. The lowest BCUT2D eigenvalue weighted by atomic mass is 9.96. The van der Waals surface area contributed by atoms with Gasteiger partial charge in [-0.05, 0) is 50.1 Å². The molecule has 5 rings (SSSR count). The van der Waals surface area contributed by atoms with Crippen LogP contribution in [0.2, 0.25) is 5.02 Å². The number of likely N-dealkylation sites (tertiary alicyclic amines) is 1. The summed E-state index contributed by atoms with van der Waals surface area (Å²) in [5.41, 5.74) is 2.99. The summed E-state index contributed by atoms with van der Waals surface area (Å²) in [5, 5.41) is 3.10. The summed E-state index contributed by atoms with van der Waals surface area (Å²) < 4.78 is 38.8. The van der Waals surface area contributed by atoms with Crippen molar-refractivity contribution in [1.82, 2.24) is 24.8 Å². The predicted octanol–water partition coefficient (Wildman–Crippen LogP) is 3.79. The van der Waals surface area contributed by atoms with Gasteiger partial charge in [-0.25, -0.2) is 27.8 Å². The van der Waals surface area contributed by atoms with Crippen molar-refractivity contribution in [3.8, 4) is 0 Å². The zero-order valence-corrected chi connectivity index (χ0v) is 22.4. The van der Waals surface area contributed by atoms with E-state index in [0.717, 1.165) is 36.9 Å². The SMILES string of the molecule is C[C@@H]1C[C@@H](N2Cc3cnc(Nc4ccc(F)c(Cl)c4)nc3C2)CCN1C(=O)c1ccnc(NS(C)(=O)=O)c1. The molecule has 10 nitrogen and oxygen atoms in total. The van der Waals surface area contributed by atoms with E-state index in [-0.39, 0.29) is 28.8 Å². The van der Waals surface area contributed by atoms with Crippen LogP contribution in [0.15, 0.2) is 42.7 Å². The average molecular weight is 560 g/mol. The molecule has 200 valence electrons. The van der Waals surface area contributed by atoms with Crippen LogP contribution in [0.4, 0.5) is 21.8 Å². The number of hydrogen-bond donors (Lipinski definition) is 2. The number of nitrogens with one attached hydrogen (secondary N) is 2. The number of aromatic nitrogens is 3. The fourth-order valence-corrected chi connectivity index (χ4v) is 5.63. The molecule has 1 saturated heterocycles. The molecule has 1 aromatic carbocycles. The number of hydrogen-bond acceptors (Lipinski definition) is 8. The van der Waals surface area contributed by atoms with E-state index in [1.165, 1.54) is 24.4 Å². The molecule has 0 radical (unpaired) electrons. The minimum Gasteiger partial charge on any atom is -0.336 e. The van der Waals surface area contributed by atoms with E-state index < -0.39 is 15.8 Å². The molecule has 13 heteroatoms. The lowest BCUT2D eigenvalue weighted by Gasteiger charge is -2.41. The summed E-state index contributed by atoms with van der Waals surface area (Å²) in [6, 6.07) is 7.68. The van der Waals surface area contributed by atoms with Crippen LogP contribution in [-0.2, 0) is 23.1 Å². The summed E-state index contributed by atoms with van der Waals surface area (Å²) >= 11 is 5.87. The molecule has 2 aromatic heterocycles. The van der Waals surface area contributed by atoms with Crippen LogP contribution in [0.3, 0.4) is 0 Å². The lowest BCUT2D eigenvalue weighted by molar-refractivity contribution is 0.0460. The number of pyridine rings is 1. The quantitative estimate of drug-likeness (QED) is 0.468. The lowest BCUT2D eigenvalue weighted by Crippen LogP contribution is -2.50. The van der Waals surface area contributed by atoms with Crippen LogP contribution in [0, 0.1) is 5.82 Å². The second kappa shape index (κ2) is 10.4. The van der Waals surface area contributed by atoms with Crippen LogP contribution in [-0.4, -0.2) is 64.0 Å². The standard InChI is InChI=1S/C25H27ClFN7O3S/c1-15-9-19(6-8-34(15)24(35)16-5-7-28-23(10-16)32-38(2,36)37)33-13-17-12-29-25(31-22(17)14-33)30-18-3-4-21(27)20(26)11-18/h3-5,7,10-12,15,19H,6,8-9,13-14H2,1-2H3,(H,28,32)(H,29,30,31)/t15-,19+/m1/s1. The van der Waals surface area contributed by atoms with Crippen LogP contribution < -0.4 is 10.0 Å². The van der Waals surface area contributed by atoms with Gasteiger partial charge in [-0.1, -0.05) is 11.6 Å². The Balaban J connectivity index is 1.21. The summed E-state index contributed by atoms with van der Waals surface area (Å²) in [6.45, 7) is 4.01. The van der Waals surface area contributed by atoms with Gasteiger partial charge in [0.15, 0.2) is 0 Å². The van der Waals surface area contributed by atoms with Crippen LogP contribution >= 0.6 is 11.6 Å². The number of carbonyl (C=O) groups is 1. The zero-order valence-electron chi connectivity index (χ0n) is 20.9. The molecule has 0 unspecified atom stereocenters. The predicted molar refractivity (Wildman–Crippen MR) is 142 cm³/mol. The van der Waals surface area contributed by atoms with Gasteiger partial charge in [0.1, 0.15) is 11.6 Å². The van der Waals surface area contributed by atoms with E-state index in [9.17, 15) is 17.6 Å². The van der Waals surface area contributed by atoms with Crippen LogP contribution in [0.5, 0.6) is 0 Å². The normalized spacial score (nSPS) is 19.7. The molecule has 3 aromatic rings. The molecule has 0 aliphatic carbocycles. The van der Waals surface area contributed by atoms with Crippen molar-refractivity contribution >= 4 is 45.0 Å². The largest absolute Gasteiger partial charge is 0.336 e. The highest BCUT2D eigenvalue weighted by molar-refractivity contribution is 7.92. The first-order chi connectivity index (χ1) is 18.1. The highest BCUT2D eigenvalue weighted by atomic mass is 35.5.